The van der Waals surface area contributed by atoms with Crippen molar-refractivity contribution < 1.29 is 22.1 Å². The van der Waals surface area contributed by atoms with Gasteiger partial charge in [0.1, 0.15) is 5.82 Å². The van der Waals surface area contributed by atoms with Crippen LogP contribution in [0.4, 0.5) is 10.1 Å². The first-order valence-corrected chi connectivity index (χ1v) is 11.1. The van der Waals surface area contributed by atoms with E-state index in [0.29, 0.717) is 31.0 Å². The fraction of sp³-hybridized carbons (Fsp3) is 0.300. The van der Waals surface area contributed by atoms with Gasteiger partial charge in [-0.15, -0.1) is 10.2 Å². The first kappa shape index (κ1) is 21.1. The van der Waals surface area contributed by atoms with Crippen molar-refractivity contribution in [3.05, 3.63) is 81.8 Å². The molecule has 2 aromatic carbocycles. The number of hydrogen-bond acceptors (Lipinski definition) is 7. The van der Waals surface area contributed by atoms with Crippen molar-refractivity contribution >= 4 is 15.7 Å². The van der Waals surface area contributed by atoms with Crippen molar-refractivity contribution in [2.75, 3.05) is 13.1 Å². The average Bonchev–Trinajstić information content (AvgIpc) is 3.24. The van der Waals surface area contributed by atoms with Crippen LogP contribution in [0.15, 0.2) is 57.8 Å². The molecule has 0 radical (unpaired) electrons. The van der Waals surface area contributed by atoms with Gasteiger partial charge in [-0.3, -0.25) is 10.1 Å². The number of rotatable bonds is 6. The Kier molecular flexibility index (Phi) is 5.79. The van der Waals surface area contributed by atoms with Gasteiger partial charge in [0, 0.05) is 19.2 Å². The third-order valence-corrected chi connectivity index (χ3v) is 7.08. The Labute approximate surface area is 177 Å². The first-order chi connectivity index (χ1) is 14.8. The molecular weight excluding hydrogens is 427 g/mol. The highest BCUT2D eigenvalue weighted by atomic mass is 32.2. The van der Waals surface area contributed by atoms with Crippen LogP contribution in [0, 0.1) is 15.9 Å². The molecule has 1 aromatic heterocycles. The van der Waals surface area contributed by atoms with Crippen LogP contribution in [-0.4, -0.2) is 40.9 Å². The van der Waals surface area contributed by atoms with E-state index < -0.39 is 20.6 Å². The summed E-state index contributed by atoms with van der Waals surface area (Å²) >= 11 is 0. The summed E-state index contributed by atoms with van der Waals surface area (Å²) < 4.78 is 46.2. The van der Waals surface area contributed by atoms with E-state index in [1.54, 1.807) is 12.1 Å². The van der Waals surface area contributed by atoms with Crippen LogP contribution >= 0.6 is 0 Å². The lowest BCUT2D eigenvalue weighted by molar-refractivity contribution is -0.387. The molecule has 0 bridgehead atoms. The van der Waals surface area contributed by atoms with E-state index in [-0.39, 0.29) is 29.7 Å². The van der Waals surface area contributed by atoms with Crippen LogP contribution < -0.4 is 0 Å². The summed E-state index contributed by atoms with van der Waals surface area (Å²) in [7, 11) is -4.06. The van der Waals surface area contributed by atoms with Crippen LogP contribution in [-0.2, 0) is 16.4 Å². The monoisotopic (exact) mass is 446 g/mol. The van der Waals surface area contributed by atoms with E-state index in [1.807, 2.05) is 0 Å². The van der Waals surface area contributed by atoms with Gasteiger partial charge in [-0.25, -0.2) is 12.8 Å². The van der Waals surface area contributed by atoms with Gasteiger partial charge >= 0.3 is 0 Å². The predicted octanol–water partition coefficient (Wildman–Crippen LogP) is 3.28. The lowest BCUT2D eigenvalue weighted by Gasteiger charge is -2.30. The third-order valence-electron chi connectivity index (χ3n) is 5.16. The SMILES string of the molecule is O=[N+]([O-])c1ccccc1S(=O)(=O)N1CCCC(c2nnc(Cc3ccc(F)cc3)o2)C1. The fourth-order valence-electron chi connectivity index (χ4n) is 3.61. The highest BCUT2D eigenvalue weighted by Crippen LogP contribution is 2.32. The number of nitro groups is 1. The molecule has 1 unspecified atom stereocenters. The van der Waals surface area contributed by atoms with E-state index >= 15 is 0 Å². The second-order valence-electron chi connectivity index (χ2n) is 7.26. The maximum absolute atomic E-state index is 13.1. The third kappa shape index (κ3) is 4.47. The van der Waals surface area contributed by atoms with Gasteiger partial charge < -0.3 is 4.42 Å². The number of nitrogens with zero attached hydrogens (tertiary/aromatic N) is 4. The number of benzene rings is 2. The van der Waals surface area contributed by atoms with Gasteiger partial charge in [0.15, 0.2) is 4.90 Å². The number of aromatic nitrogens is 2. The standard InChI is InChI=1S/C20H19FN4O5S/c21-16-9-7-14(8-10-16)12-19-22-23-20(30-19)15-4-3-11-24(13-15)31(28,29)18-6-2-1-5-17(18)25(26)27/h1-2,5-10,15H,3-4,11-13H2. The van der Waals surface area contributed by atoms with Crippen molar-refractivity contribution in [3.63, 3.8) is 0 Å². The zero-order chi connectivity index (χ0) is 22.0. The quantitative estimate of drug-likeness (QED) is 0.421. The molecule has 9 nitrogen and oxygen atoms in total. The molecule has 1 atom stereocenters. The maximum atomic E-state index is 13.1. The van der Waals surface area contributed by atoms with Gasteiger partial charge in [0.2, 0.25) is 21.8 Å². The smallest absolute Gasteiger partial charge is 0.289 e. The molecule has 1 saturated heterocycles. The molecule has 2 heterocycles. The number of para-hydroxylation sites is 1. The summed E-state index contributed by atoms with van der Waals surface area (Å²) in [4.78, 5) is 10.2. The van der Waals surface area contributed by atoms with Gasteiger partial charge in [-0.2, -0.15) is 4.31 Å². The molecule has 1 fully saturated rings. The molecule has 162 valence electrons. The van der Waals surface area contributed by atoms with Crippen molar-refractivity contribution in [3.8, 4) is 0 Å². The molecular formula is C20H19FN4O5S. The highest BCUT2D eigenvalue weighted by molar-refractivity contribution is 7.89. The van der Waals surface area contributed by atoms with E-state index in [9.17, 15) is 22.9 Å². The van der Waals surface area contributed by atoms with Crippen LogP contribution in [0.25, 0.3) is 0 Å². The molecule has 3 aromatic rings. The summed E-state index contributed by atoms with van der Waals surface area (Å²) in [6.07, 6.45) is 1.54. The number of nitro benzene ring substituents is 1. The Morgan fingerprint density at radius 1 is 1.16 bits per heavy atom. The predicted molar refractivity (Wildman–Crippen MR) is 107 cm³/mol. The van der Waals surface area contributed by atoms with Crippen LogP contribution in [0.3, 0.4) is 0 Å². The van der Waals surface area contributed by atoms with Crippen LogP contribution in [0.2, 0.25) is 0 Å². The lowest BCUT2D eigenvalue weighted by atomic mass is 10.00. The second-order valence-corrected chi connectivity index (χ2v) is 9.17. The van der Waals surface area contributed by atoms with E-state index in [2.05, 4.69) is 10.2 Å². The number of halogens is 1. The lowest BCUT2D eigenvalue weighted by Crippen LogP contribution is -2.39. The van der Waals surface area contributed by atoms with Crippen molar-refractivity contribution in [1.82, 2.24) is 14.5 Å². The Balaban J connectivity index is 1.52. The molecule has 0 aliphatic carbocycles. The van der Waals surface area contributed by atoms with Crippen LogP contribution in [0.5, 0.6) is 0 Å². The molecule has 1 aliphatic heterocycles. The van der Waals surface area contributed by atoms with E-state index in [4.69, 9.17) is 4.42 Å². The van der Waals surface area contributed by atoms with Crippen molar-refractivity contribution in [2.45, 2.75) is 30.1 Å². The summed E-state index contributed by atoms with van der Waals surface area (Å²) in [5, 5.41) is 19.4. The Hall–Kier alpha value is -3.18. The Morgan fingerprint density at radius 2 is 1.90 bits per heavy atom. The molecule has 0 amide bonds. The summed E-state index contributed by atoms with van der Waals surface area (Å²) in [5.74, 6) is 0.0118. The average molecular weight is 446 g/mol. The number of piperidine rings is 1. The topological polar surface area (TPSA) is 119 Å². The summed E-state index contributed by atoms with van der Waals surface area (Å²) in [6, 6.07) is 11.2. The number of sulfonamides is 1. The van der Waals surface area contributed by atoms with E-state index in [1.165, 1.54) is 40.7 Å². The molecule has 11 heteroatoms. The highest BCUT2D eigenvalue weighted by Gasteiger charge is 2.36. The van der Waals surface area contributed by atoms with Gasteiger partial charge in [0.05, 0.1) is 17.3 Å². The zero-order valence-corrected chi connectivity index (χ0v) is 17.2. The molecule has 31 heavy (non-hydrogen) atoms. The minimum atomic E-state index is -4.06. The Bertz CT molecular complexity index is 1200. The Morgan fingerprint density at radius 3 is 2.65 bits per heavy atom. The fourth-order valence-corrected chi connectivity index (χ4v) is 5.29. The normalized spacial score (nSPS) is 17.5. The molecule has 0 saturated carbocycles. The summed E-state index contributed by atoms with van der Waals surface area (Å²) in [5.41, 5.74) is 0.352. The van der Waals surface area contributed by atoms with Crippen LogP contribution in [0.1, 0.15) is 36.1 Å². The number of hydrogen-bond donors (Lipinski definition) is 0. The van der Waals surface area contributed by atoms with Gasteiger partial charge in [0.25, 0.3) is 5.69 Å². The molecule has 0 spiro atoms. The zero-order valence-electron chi connectivity index (χ0n) is 16.3. The van der Waals surface area contributed by atoms with Crippen molar-refractivity contribution in [1.29, 1.82) is 0 Å². The van der Waals surface area contributed by atoms with Gasteiger partial charge in [-0.1, -0.05) is 24.3 Å². The largest absolute Gasteiger partial charge is 0.425 e. The van der Waals surface area contributed by atoms with E-state index in [0.717, 1.165) is 5.56 Å². The summed E-state index contributed by atoms with van der Waals surface area (Å²) in [6.45, 7) is 0.341. The van der Waals surface area contributed by atoms with Crippen molar-refractivity contribution in [2.24, 2.45) is 0 Å². The first-order valence-electron chi connectivity index (χ1n) is 9.65. The minimum Gasteiger partial charge on any atom is -0.425 e. The van der Waals surface area contributed by atoms with Gasteiger partial charge in [-0.05, 0) is 36.6 Å². The minimum absolute atomic E-state index is 0.0898. The molecule has 4 rings (SSSR count). The maximum Gasteiger partial charge on any atom is 0.289 e. The molecule has 0 N–H and O–H groups in total. The molecule has 1 aliphatic rings. The second kappa shape index (κ2) is 8.52.